The molecule has 8 aromatic carbocycles. The number of carbonyl (C=O) groups excluding carboxylic acids is 2. The normalized spacial score (nSPS) is 21.8. The number of amides is 2. The summed E-state index contributed by atoms with van der Waals surface area (Å²) in [6.45, 7) is 6.25. The van der Waals surface area contributed by atoms with E-state index in [0.717, 1.165) is 49.7 Å². The summed E-state index contributed by atoms with van der Waals surface area (Å²) in [4.78, 5) is 32.7. The van der Waals surface area contributed by atoms with Crippen LogP contribution in [-0.2, 0) is 10.8 Å². The molecule has 12 heteroatoms. The van der Waals surface area contributed by atoms with Crippen LogP contribution in [0, 0.1) is 60.0 Å². The maximum Gasteiger partial charge on any atom is 0.253 e. The molecule has 2 amide bonds. The molecule has 10 nitrogen and oxygen atoms in total. The number of hydrogen-bond donors (Lipinski definition) is 0. The molecule has 378 valence electrons. The zero-order valence-electron chi connectivity index (χ0n) is 42.6. The number of nitrogens with zero attached hydrogens (tertiary/aromatic N) is 8. The van der Waals surface area contributed by atoms with Crippen molar-refractivity contribution in [2.75, 3.05) is 26.2 Å². The second-order valence-electron chi connectivity index (χ2n) is 21.8. The number of nitriles is 2. The van der Waals surface area contributed by atoms with Crippen LogP contribution in [0.1, 0.15) is 77.1 Å². The first-order valence-electron chi connectivity index (χ1n) is 26.2. The number of fused-ring (bicyclic) bond motifs is 4. The van der Waals surface area contributed by atoms with E-state index in [0.29, 0.717) is 54.1 Å². The molecule has 0 radical (unpaired) electrons. The predicted octanol–water partition coefficient (Wildman–Crippen LogP) is 12.3. The Bertz CT molecular complexity index is 4230. The molecule has 10 aromatic rings. The van der Waals surface area contributed by atoms with Gasteiger partial charge in [0.2, 0.25) is 0 Å². The molecule has 4 aliphatic rings. The van der Waals surface area contributed by atoms with Crippen molar-refractivity contribution in [2.45, 2.75) is 36.5 Å². The Morgan fingerprint density at radius 1 is 0.551 bits per heavy atom. The van der Waals surface area contributed by atoms with Crippen LogP contribution in [0.3, 0.4) is 0 Å². The minimum atomic E-state index is -0.506. The first-order chi connectivity index (χ1) is 38.0. The number of hydrogen-bond acceptors (Lipinski definition) is 6. The number of halogens is 2. The van der Waals surface area contributed by atoms with E-state index in [2.05, 4.69) is 98.8 Å². The van der Waals surface area contributed by atoms with Gasteiger partial charge in [-0.05, 0) is 168 Å². The first-order valence-corrected chi connectivity index (χ1v) is 26.2. The summed E-state index contributed by atoms with van der Waals surface area (Å²) in [5.74, 6) is -0.467. The van der Waals surface area contributed by atoms with Crippen LogP contribution in [0.15, 0.2) is 182 Å². The van der Waals surface area contributed by atoms with Gasteiger partial charge in [0, 0.05) is 76.3 Å². The lowest BCUT2D eigenvalue weighted by atomic mass is 9.86. The number of likely N-dealkylation sites (tertiary alicyclic amines) is 2. The van der Waals surface area contributed by atoms with Crippen molar-refractivity contribution in [3.05, 3.63) is 250 Å². The summed E-state index contributed by atoms with van der Waals surface area (Å²) in [6.07, 6.45) is 3.65. The van der Waals surface area contributed by atoms with Crippen molar-refractivity contribution in [2.24, 2.45) is 11.8 Å². The van der Waals surface area contributed by atoms with E-state index in [1.807, 2.05) is 39.0 Å². The number of aromatic nitrogens is 4. The maximum absolute atomic E-state index is 16.3. The molecule has 4 fully saturated rings. The van der Waals surface area contributed by atoms with Gasteiger partial charge in [-0.15, -0.1) is 0 Å². The smallest absolute Gasteiger partial charge is 0.253 e. The Morgan fingerprint density at radius 3 is 1.64 bits per heavy atom. The van der Waals surface area contributed by atoms with Gasteiger partial charge in [0.25, 0.3) is 11.8 Å². The first kappa shape index (κ1) is 47.0. The van der Waals surface area contributed by atoms with Gasteiger partial charge in [0.05, 0.1) is 58.1 Å². The maximum atomic E-state index is 16.3. The fraction of sp³-hybridized carbons (Fsp3) is 0.182. The molecule has 0 unspecified atom stereocenters. The Labute approximate surface area is 448 Å². The highest BCUT2D eigenvalue weighted by Gasteiger charge is 2.72. The number of carbonyl (C=O) groups is 2. The lowest BCUT2D eigenvalue weighted by Crippen LogP contribution is -2.34. The summed E-state index contributed by atoms with van der Waals surface area (Å²) >= 11 is 0. The molecule has 2 aliphatic carbocycles. The van der Waals surface area contributed by atoms with E-state index < -0.39 is 5.82 Å². The number of aryl methyl sites for hydroxylation is 2. The number of rotatable bonds is 9. The van der Waals surface area contributed by atoms with Crippen LogP contribution < -0.4 is 0 Å². The van der Waals surface area contributed by atoms with E-state index in [-0.39, 0.29) is 63.3 Å². The van der Waals surface area contributed by atoms with Crippen molar-refractivity contribution in [3.63, 3.8) is 0 Å². The third-order valence-electron chi connectivity index (χ3n) is 17.6. The fourth-order valence-electron chi connectivity index (χ4n) is 14.1. The molecule has 4 heterocycles. The lowest BCUT2D eigenvalue weighted by molar-refractivity contribution is 0.0762. The average Bonchev–Trinajstić information content (AvgIpc) is 4.03. The van der Waals surface area contributed by atoms with Crippen LogP contribution >= 0.6 is 0 Å². The Hall–Kier alpha value is -9.52. The van der Waals surface area contributed by atoms with Crippen molar-refractivity contribution < 1.29 is 18.4 Å². The SMILES string of the molecule is Cc1cc2c(cnn2-c2ccc(F)cc2)cc1[C@@]12CN(C(=O)c3cc(C#N)cc(-c4cc(-n5ncc6cc([C@]78CN(C(=O)c9cccc(C#N)c9)C[C@H]7[C@@H]8c7ccccc7)c(C)cc65)ccc4F)c3)C[C@@H]1[C@H]2c1ccccc1. The topological polar surface area (TPSA) is 124 Å². The van der Waals surface area contributed by atoms with Gasteiger partial charge in [-0.2, -0.15) is 20.7 Å². The van der Waals surface area contributed by atoms with E-state index in [4.69, 9.17) is 10.2 Å². The molecule has 2 aromatic heterocycles. The minimum absolute atomic E-state index is 0.0885. The average molecular weight is 1020 g/mol. The molecule has 2 aliphatic heterocycles. The van der Waals surface area contributed by atoms with E-state index in [1.54, 1.807) is 71.4 Å². The Kier molecular flexibility index (Phi) is 10.5. The molecule has 0 N–H and O–H groups in total. The Balaban J connectivity index is 0.774. The van der Waals surface area contributed by atoms with Gasteiger partial charge in [-0.3, -0.25) is 9.59 Å². The fourth-order valence-corrected chi connectivity index (χ4v) is 14.1. The second-order valence-corrected chi connectivity index (χ2v) is 21.8. The third-order valence-corrected chi connectivity index (χ3v) is 17.6. The highest BCUT2D eigenvalue weighted by molar-refractivity contribution is 5.97. The van der Waals surface area contributed by atoms with Crippen LogP contribution in [-0.4, -0.2) is 67.4 Å². The van der Waals surface area contributed by atoms with Crippen molar-refractivity contribution in [1.82, 2.24) is 29.4 Å². The van der Waals surface area contributed by atoms with Crippen LogP contribution in [0.4, 0.5) is 8.78 Å². The molecule has 2 saturated carbocycles. The van der Waals surface area contributed by atoms with Gasteiger partial charge in [-0.25, -0.2) is 18.1 Å². The highest BCUT2D eigenvalue weighted by Crippen LogP contribution is 2.71. The van der Waals surface area contributed by atoms with E-state index in [1.165, 1.54) is 29.3 Å². The molecule has 6 atom stereocenters. The van der Waals surface area contributed by atoms with Gasteiger partial charge in [-0.1, -0.05) is 66.7 Å². The minimum Gasteiger partial charge on any atom is -0.337 e. The predicted molar refractivity (Wildman–Crippen MR) is 293 cm³/mol. The largest absolute Gasteiger partial charge is 0.337 e. The monoisotopic (exact) mass is 1020 g/mol. The third kappa shape index (κ3) is 7.16. The quantitative estimate of drug-likeness (QED) is 0.142. The van der Waals surface area contributed by atoms with Crippen molar-refractivity contribution in [1.29, 1.82) is 10.5 Å². The molecular formula is C66H48F2N8O2. The molecule has 0 bridgehead atoms. The standard InChI is InChI=1S/C66H48F2N8O2/c1-39-22-59-48(33-71-75(59)51-18-16-50(67)17-19-51)28-54(39)66-38-74(36-57(66)62(66)44-13-7-4-8-14-44)64(78)47-26-42(32-70)25-46(27-47)53-30-52(20-21-58(53)68)76-60-23-40(2)55(29-49(60)34-72-76)65-37-73(63(77)45-15-9-10-41(24-45)31-69)35-56(65)61(65)43-11-5-3-6-12-43/h3-30,33-34,56-57,61-62H,35-38H2,1-2H3/t56-,57+,61-,62+,65+,66-/m0/s1. The van der Waals surface area contributed by atoms with Crippen LogP contribution in [0.2, 0.25) is 0 Å². The second kappa shape index (κ2) is 17.5. The Morgan fingerprint density at radius 2 is 1.08 bits per heavy atom. The zero-order valence-corrected chi connectivity index (χ0v) is 42.6. The van der Waals surface area contributed by atoms with Crippen LogP contribution in [0.25, 0.3) is 44.3 Å². The zero-order chi connectivity index (χ0) is 53.2. The van der Waals surface area contributed by atoms with Gasteiger partial charge < -0.3 is 9.80 Å². The van der Waals surface area contributed by atoms with Crippen molar-refractivity contribution in [3.8, 4) is 34.6 Å². The molecular weight excluding hydrogens is 975 g/mol. The van der Waals surface area contributed by atoms with Gasteiger partial charge in [0.1, 0.15) is 11.6 Å². The molecule has 78 heavy (non-hydrogen) atoms. The summed E-state index contributed by atoms with van der Waals surface area (Å²) in [5, 5.41) is 31.3. The lowest BCUT2D eigenvalue weighted by Gasteiger charge is -2.26. The summed E-state index contributed by atoms with van der Waals surface area (Å²) < 4.78 is 33.8. The highest BCUT2D eigenvalue weighted by atomic mass is 19.1. The molecule has 2 saturated heterocycles. The molecule has 0 spiro atoms. The number of piperidine rings is 2. The summed E-state index contributed by atoms with van der Waals surface area (Å²) in [5.41, 5.74) is 11.3. The number of benzene rings is 8. The summed E-state index contributed by atoms with van der Waals surface area (Å²) in [6, 6.07) is 56.8. The molecule has 14 rings (SSSR count). The van der Waals surface area contributed by atoms with E-state index >= 15 is 4.39 Å². The van der Waals surface area contributed by atoms with Gasteiger partial charge in [0.15, 0.2) is 0 Å². The van der Waals surface area contributed by atoms with E-state index in [9.17, 15) is 24.5 Å². The summed E-state index contributed by atoms with van der Waals surface area (Å²) in [7, 11) is 0. The van der Waals surface area contributed by atoms with Crippen molar-refractivity contribution >= 4 is 33.6 Å². The van der Waals surface area contributed by atoms with Crippen LogP contribution in [0.5, 0.6) is 0 Å². The van der Waals surface area contributed by atoms with Gasteiger partial charge >= 0.3 is 0 Å².